The van der Waals surface area contributed by atoms with Gasteiger partial charge in [-0.15, -0.1) is 0 Å². The second-order valence-corrected chi connectivity index (χ2v) is 5.94. The first kappa shape index (κ1) is 15.6. The highest BCUT2D eigenvalue weighted by Gasteiger charge is 2.30. The van der Waals surface area contributed by atoms with Crippen LogP contribution >= 0.6 is 0 Å². The molecule has 1 aromatic carbocycles. The maximum atomic E-state index is 12.4. The molecule has 3 rings (SSSR count). The zero-order chi connectivity index (χ0) is 16.4. The van der Waals surface area contributed by atoms with Crippen molar-refractivity contribution in [2.24, 2.45) is 0 Å². The lowest BCUT2D eigenvalue weighted by molar-refractivity contribution is -0.917. The number of quaternary nitrogens is 1. The number of hydrogen-bond acceptors (Lipinski definition) is 4. The zero-order valence-corrected chi connectivity index (χ0v) is 13.4. The molecule has 0 bridgehead atoms. The van der Waals surface area contributed by atoms with E-state index < -0.39 is 0 Å². The maximum absolute atomic E-state index is 12.4. The molecule has 0 saturated carbocycles. The van der Waals surface area contributed by atoms with Gasteiger partial charge < -0.3 is 24.6 Å². The lowest BCUT2D eigenvalue weighted by Gasteiger charge is -2.34. The highest BCUT2D eigenvalue weighted by atomic mass is 16.7. The van der Waals surface area contributed by atoms with E-state index in [9.17, 15) is 9.59 Å². The number of ether oxygens (including phenoxy) is 2. The number of hydrogen-bond donors (Lipinski definition) is 2. The molecule has 7 nitrogen and oxygen atoms in total. The van der Waals surface area contributed by atoms with Crippen LogP contribution in [-0.2, 0) is 9.59 Å². The van der Waals surface area contributed by atoms with Crippen molar-refractivity contribution in [3.05, 3.63) is 18.2 Å². The van der Waals surface area contributed by atoms with Gasteiger partial charge in [0.1, 0.15) is 0 Å². The van der Waals surface area contributed by atoms with E-state index in [0.717, 1.165) is 13.1 Å². The predicted octanol–water partition coefficient (Wildman–Crippen LogP) is -0.511. The summed E-state index contributed by atoms with van der Waals surface area (Å²) in [4.78, 5) is 26.8. The molecular formula is C16H22N3O4+. The van der Waals surface area contributed by atoms with Crippen molar-refractivity contribution in [2.75, 3.05) is 38.3 Å². The largest absolute Gasteiger partial charge is 0.454 e. The highest BCUT2D eigenvalue weighted by Crippen LogP contribution is 2.34. The van der Waals surface area contributed by atoms with Crippen LogP contribution < -0.4 is 19.7 Å². The third-order valence-corrected chi connectivity index (χ3v) is 4.50. The van der Waals surface area contributed by atoms with Gasteiger partial charge in [0.05, 0.1) is 26.2 Å². The fourth-order valence-electron chi connectivity index (χ4n) is 2.95. The van der Waals surface area contributed by atoms with Crippen LogP contribution in [0.5, 0.6) is 11.5 Å². The molecule has 0 spiro atoms. The SMILES string of the molecule is CC(=O)N1CC[NH+]([C@@H](C)C(=O)Nc2ccc3c(c2)OCO3)CC1. The minimum atomic E-state index is -0.172. The van der Waals surface area contributed by atoms with Gasteiger partial charge in [0.15, 0.2) is 17.5 Å². The Balaban J connectivity index is 1.57. The standard InChI is InChI=1S/C16H21N3O4/c1-11(18-5-7-19(8-6-18)12(2)20)16(21)17-13-3-4-14-15(9-13)23-10-22-14/h3-4,9,11H,5-8,10H2,1-2H3,(H,17,21)/p+1/t11-/m0/s1. The minimum absolute atomic E-state index is 0.0323. The van der Waals surface area contributed by atoms with Crippen molar-refractivity contribution in [3.8, 4) is 11.5 Å². The van der Waals surface area contributed by atoms with Crippen LogP contribution in [0, 0.1) is 0 Å². The summed E-state index contributed by atoms with van der Waals surface area (Å²) in [7, 11) is 0. The van der Waals surface area contributed by atoms with Crippen molar-refractivity contribution in [3.63, 3.8) is 0 Å². The molecule has 0 radical (unpaired) electrons. The van der Waals surface area contributed by atoms with Crippen molar-refractivity contribution in [2.45, 2.75) is 19.9 Å². The average Bonchev–Trinajstić information content (AvgIpc) is 3.01. The van der Waals surface area contributed by atoms with Crippen LogP contribution in [0.15, 0.2) is 18.2 Å². The molecule has 1 atom stereocenters. The quantitative estimate of drug-likeness (QED) is 0.787. The number of rotatable bonds is 3. The molecule has 1 saturated heterocycles. The summed E-state index contributed by atoms with van der Waals surface area (Å²) in [5.74, 6) is 1.41. The average molecular weight is 320 g/mol. The maximum Gasteiger partial charge on any atom is 0.282 e. The Morgan fingerprint density at radius 1 is 1.22 bits per heavy atom. The Hall–Kier alpha value is -2.28. The van der Waals surface area contributed by atoms with Crippen molar-refractivity contribution in [1.29, 1.82) is 0 Å². The number of nitrogens with zero attached hydrogens (tertiary/aromatic N) is 1. The van der Waals surface area contributed by atoms with E-state index in [4.69, 9.17) is 9.47 Å². The van der Waals surface area contributed by atoms with E-state index in [2.05, 4.69) is 5.32 Å². The second-order valence-electron chi connectivity index (χ2n) is 5.94. The molecule has 124 valence electrons. The normalized spacial score (nSPS) is 18.6. The Kier molecular flexibility index (Phi) is 4.38. The Morgan fingerprint density at radius 2 is 1.91 bits per heavy atom. The van der Waals surface area contributed by atoms with Crippen LogP contribution in [0.3, 0.4) is 0 Å². The molecule has 2 aliphatic heterocycles. The summed E-state index contributed by atoms with van der Waals surface area (Å²) in [6, 6.07) is 5.20. The Bertz CT molecular complexity index is 611. The third kappa shape index (κ3) is 3.39. The third-order valence-electron chi connectivity index (χ3n) is 4.50. The first-order chi connectivity index (χ1) is 11.0. The highest BCUT2D eigenvalue weighted by molar-refractivity contribution is 5.94. The first-order valence-corrected chi connectivity index (χ1v) is 7.85. The lowest BCUT2D eigenvalue weighted by Crippen LogP contribution is -3.19. The summed E-state index contributed by atoms with van der Waals surface area (Å²) in [6.45, 7) is 6.69. The molecule has 0 unspecified atom stereocenters. The summed E-state index contributed by atoms with van der Waals surface area (Å²) in [6.07, 6.45) is 0. The van der Waals surface area contributed by atoms with E-state index in [1.807, 2.05) is 11.8 Å². The Labute approximate surface area is 135 Å². The van der Waals surface area contributed by atoms with Crippen LogP contribution in [0.1, 0.15) is 13.8 Å². The molecule has 1 aromatic rings. The lowest BCUT2D eigenvalue weighted by atomic mass is 10.2. The predicted molar refractivity (Wildman–Crippen MR) is 83.6 cm³/mol. The number of fused-ring (bicyclic) bond motifs is 1. The topological polar surface area (TPSA) is 72.3 Å². The summed E-state index contributed by atoms with van der Waals surface area (Å²) in [5.41, 5.74) is 0.702. The van der Waals surface area contributed by atoms with Gasteiger partial charge in [0, 0.05) is 18.7 Å². The molecule has 23 heavy (non-hydrogen) atoms. The van der Waals surface area contributed by atoms with Gasteiger partial charge in [0.25, 0.3) is 5.91 Å². The molecule has 2 N–H and O–H groups in total. The van der Waals surface area contributed by atoms with Crippen molar-refractivity contribution in [1.82, 2.24) is 4.90 Å². The van der Waals surface area contributed by atoms with E-state index in [1.54, 1.807) is 25.1 Å². The number of nitrogens with one attached hydrogen (secondary N) is 2. The van der Waals surface area contributed by atoms with Gasteiger partial charge >= 0.3 is 0 Å². The van der Waals surface area contributed by atoms with E-state index in [-0.39, 0.29) is 24.6 Å². The molecule has 0 aromatic heterocycles. The number of anilines is 1. The van der Waals surface area contributed by atoms with Gasteiger partial charge in [-0.1, -0.05) is 0 Å². The van der Waals surface area contributed by atoms with E-state index in [0.29, 0.717) is 30.3 Å². The van der Waals surface area contributed by atoms with Gasteiger partial charge in [0.2, 0.25) is 12.7 Å². The molecule has 2 amide bonds. The smallest absolute Gasteiger partial charge is 0.282 e. The van der Waals surface area contributed by atoms with Gasteiger partial charge in [-0.3, -0.25) is 9.59 Å². The van der Waals surface area contributed by atoms with E-state index in [1.165, 1.54) is 4.90 Å². The second kappa shape index (κ2) is 6.45. The monoisotopic (exact) mass is 320 g/mol. The van der Waals surface area contributed by atoms with Gasteiger partial charge in [-0.05, 0) is 19.1 Å². The van der Waals surface area contributed by atoms with E-state index >= 15 is 0 Å². The first-order valence-electron chi connectivity index (χ1n) is 7.85. The number of piperazine rings is 1. The molecule has 1 fully saturated rings. The van der Waals surface area contributed by atoms with Crippen LogP contribution in [0.25, 0.3) is 0 Å². The van der Waals surface area contributed by atoms with Gasteiger partial charge in [-0.2, -0.15) is 0 Å². The molecule has 7 heteroatoms. The molecular weight excluding hydrogens is 298 g/mol. The van der Waals surface area contributed by atoms with Crippen LogP contribution in [0.4, 0.5) is 5.69 Å². The summed E-state index contributed by atoms with van der Waals surface area (Å²) < 4.78 is 10.6. The Morgan fingerprint density at radius 3 is 2.61 bits per heavy atom. The fraction of sp³-hybridized carbons (Fsp3) is 0.500. The number of benzene rings is 1. The molecule has 2 heterocycles. The zero-order valence-electron chi connectivity index (χ0n) is 13.4. The number of amides is 2. The summed E-state index contributed by atoms with van der Waals surface area (Å²) >= 11 is 0. The fourth-order valence-corrected chi connectivity index (χ4v) is 2.95. The van der Waals surface area contributed by atoms with Gasteiger partial charge in [-0.25, -0.2) is 0 Å². The summed E-state index contributed by atoms with van der Waals surface area (Å²) in [5, 5.41) is 2.93. The van der Waals surface area contributed by atoms with Crippen LogP contribution in [0.2, 0.25) is 0 Å². The van der Waals surface area contributed by atoms with Crippen molar-refractivity contribution < 1.29 is 24.0 Å². The number of carbonyl (C=O) groups excluding carboxylic acids is 2. The number of carbonyl (C=O) groups is 2. The van der Waals surface area contributed by atoms with Crippen molar-refractivity contribution >= 4 is 17.5 Å². The molecule has 0 aliphatic carbocycles. The van der Waals surface area contributed by atoms with Crippen LogP contribution in [-0.4, -0.2) is 55.7 Å². The minimum Gasteiger partial charge on any atom is -0.454 e. The molecule has 2 aliphatic rings.